The second-order valence-electron chi connectivity index (χ2n) is 4.21. The van der Waals surface area contributed by atoms with Crippen LogP contribution in [0, 0.1) is 4.77 Å². The molecule has 0 spiro atoms. The summed E-state index contributed by atoms with van der Waals surface area (Å²) < 4.78 is 24.7. The molecule has 2 rings (SSSR count). The molecule has 0 saturated heterocycles. The van der Waals surface area contributed by atoms with Gasteiger partial charge in [-0.05, 0) is 30.6 Å². The van der Waals surface area contributed by atoms with Gasteiger partial charge in [0, 0.05) is 6.26 Å². The summed E-state index contributed by atoms with van der Waals surface area (Å²) in [7, 11) is -3.16. The molecule has 0 amide bonds. The van der Waals surface area contributed by atoms with Gasteiger partial charge in [-0.3, -0.25) is 9.36 Å². The topological polar surface area (TPSA) is 71.9 Å². The molecular weight excluding hydrogens is 292 g/mol. The molecule has 0 radical (unpaired) electrons. The molecule has 98 valence electrons. The maximum atomic E-state index is 12.2. The molecule has 8 heteroatoms. The largest absolute Gasteiger partial charge is 0.331 e. The van der Waals surface area contributed by atoms with Gasteiger partial charge in [0.25, 0.3) is 5.56 Å². The van der Waals surface area contributed by atoms with Crippen molar-refractivity contribution < 1.29 is 8.42 Å². The molecule has 0 saturated carbocycles. The van der Waals surface area contributed by atoms with Gasteiger partial charge in [-0.15, -0.1) is 11.3 Å². The lowest BCUT2D eigenvalue weighted by Crippen LogP contribution is -2.28. The number of aromatic nitrogens is 2. The second kappa shape index (κ2) is 4.60. The van der Waals surface area contributed by atoms with Crippen LogP contribution in [-0.2, 0) is 9.84 Å². The van der Waals surface area contributed by atoms with Crippen LogP contribution in [0.5, 0.6) is 0 Å². The smallest absolute Gasteiger partial charge is 0.272 e. The number of nitrogens with zero attached hydrogens (tertiary/aromatic N) is 1. The fourth-order valence-electron chi connectivity index (χ4n) is 1.86. The van der Waals surface area contributed by atoms with E-state index in [9.17, 15) is 13.2 Å². The molecule has 0 aliphatic rings. The minimum Gasteiger partial charge on any atom is -0.331 e. The summed E-state index contributed by atoms with van der Waals surface area (Å²) in [6.45, 7) is 1.67. The Morgan fingerprint density at radius 3 is 2.83 bits per heavy atom. The first kappa shape index (κ1) is 13.4. The zero-order valence-electron chi connectivity index (χ0n) is 9.84. The fraction of sp³-hybridized carbons (Fsp3) is 0.400. The van der Waals surface area contributed by atoms with Crippen molar-refractivity contribution in [3.05, 3.63) is 26.6 Å². The first-order valence-corrected chi connectivity index (χ1v) is 8.54. The Hall–Kier alpha value is -0.990. The SMILES string of the molecule is CC(CS(C)(=O)=O)n1c(=S)[nH]c2ccsc2c1=O. The molecule has 0 aromatic carbocycles. The molecule has 2 aromatic rings. The number of fused-ring (bicyclic) bond motifs is 1. The Balaban J connectivity index is 2.64. The number of rotatable bonds is 3. The second-order valence-corrected chi connectivity index (χ2v) is 7.70. The van der Waals surface area contributed by atoms with E-state index < -0.39 is 15.9 Å². The highest BCUT2D eigenvalue weighted by atomic mass is 32.2. The predicted octanol–water partition coefficient (Wildman–Crippen LogP) is 1.73. The summed E-state index contributed by atoms with van der Waals surface area (Å²) in [5.41, 5.74) is 0.456. The molecule has 2 heterocycles. The molecule has 18 heavy (non-hydrogen) atoms. The zero-order chi connectivity index (χ0) is 13.5. The van der Waals surface area contributed by atoms with Crippen LogP contribution in [0.2, 0.25) is 0 Å². The highest BCUT2D eigenvalue weighted by molar-refractivity contribution is 7.90. The number of nitrogens with one attached hydrogen (secondary N) is 1. The van der Waals surface area contributed by atoms with E-state index in [-0.39, 0.29) is 16.1 Å². The molecule has 1 atom stereocenters. The van der Waals surface area contributed by atoms with Crippen LogP contribution in [0.3, 0.4) is 0 Å². The maximum Gasteiger partial charge on any atom is 0.272 e. The van der Waals surface area contributed by atoms with Gasteiger partial charge in [0.1, 0.15) is 14.5 Å². The van der Waals surface area contributed by atoms with Crippen molar-refractivity contribution in [2.24, 2.45) is 0 Å². The van der Waals surface area contributed by atoms with Gasteiger partial charge in [0.15, 0.2) is 4.77 Å². The van der Waals surface area contributed by atoms with E-state index in [1.165, 1.54) is 15.9 Å². The minimum absolute atomic E-state index is 0.110. The van der Waals surface area contributed by atoms with Gasteiger partial charge in [0.05, 0.1) is 17.3 Å². The Labute approximate surface area is 113 Å². The first-order valence-electron chi connectivity index (χ1n) is 5.19. The fourth-order valence-corrected chi connectivity index (χ4v) is 4.05. The summed E-state index contributed by atoms with van der Waals surface area (Å²) in [4.78, 5) is 15.2. The van der Waals surface area contributed by atoms with Gasteiger partial charge in [-0.2, -0.15) is 0 Å². The molecule has 2 aromatic heterocycles. The monoisotopic (exact) mass is 304 g/mol. The number of aromatic amines is 1. The maximum absolute atomic E-state index is 12.2. The normalized spacial score (nSPS) is 13.9. The van der Waals surface area contributed by atoms with Crippen LogP contribution in [0.15, 0.2) is 16.2 Å². The van der Waals surface area contributed by atoms with Crippen LogP contribution in [0.25, 0.3) is 10.2 Å². The lowest BCUT2D eigenvalue weighted by molar-refractivity contribution is 0.543. The third kappa shape index (κ3) is 2.55. The summed E-state index contributed by atoms with van der Waals surface area (Å²) in [5.74, 6) is -0.110. The van der Waals surface area contributed by atoms with Crippen LogP contribution >= 0.6 is 23.6 Å². The summed E-state index contributed by atoms with van der Waals surface area (Å²) in [6, 6.07) is 1.30. The van der Waals surface area contributed by atoms with Crippen molar-refractivity contribution in [1.29, 1.82) is 0 Å². The Morgan fingerprint density at radius 2 is 2.22 bits per heavy atom. The van der Waals surface area contributed by atoms with Crippen molar-refractivity contribution in [1.82, 2.24) is 9.55 Å². The number of hydrogen-bond donors (Lipinski definition) is 1. The van der Waals surface area contributed by atoms with Crippen LogP contribution in [0.4, 0.5) is 0 Å². The lowest BCUT2D eigenvalue weighted by Gasteiger charge is -2.14. The number of thiophene rings is 1. The molecule has 5 nitrogen and oxygen atoms in total. The van der Waals surface area contributed by atoms with E-state index in [1.54, 1.807) is 18.4 Å². The van der Waals surface area contributed by atoms with E-state index >= 15 is 0 Å². The van der Waals surface area contributed by atoms with Crippen molar-refractivity contribution in [3.8, 4) is 0 Å². The molecule has 0 aliphatic carbocycles. The Bertz CT molecular complexity index is 798. The average molecular weight is 304 g/mol. The zero-order valence-corrected chi connectivity index (χ0v) is 12.3. The van der Waals surface area contributed by atoms with E-state index in [0.717, 1.165) is 6.26 Å². The number of sulfone groups is 1. The van der Waals surface area contributed by atoms with Crippen LogP contribution < -0.4 is 5.56 Å². The van der Waals surface area contributed by atoms with Gasteiger partial charge in [-0.1, -0.05) is 0 Å². The molecule has 1 unspecified atom stereocenters. The van der Waals surface area contributed by atoms with Crippen molar-refractivity contribution in [2.75, 3.05) is 12.0 Å². The van der Waals surface area contributed by atoms with Crippen LogP contribution in [0.1, 0.15) is 13.0 Å². The molecule has 0 bridgehead atoms. The van der Waals surface area contributed by atoms with Gasteiger partial charge >= 0.3 is 0 Å². The van der Waals surface area contributed by atoms with Gasteiger partial charge in [0.2, 0.25) is 0 Å². The first-order chi connectivity index (χ1) is 8.29. The van der Waals surface area contributed by atoms with Crippen molar-refractivity contribution in [3.63, 3.8) is 0 Å². The van der Waals surface area contributed by atoms with Crippen LogP contribution in [-0.4, -0.2) is 30.0 Å². The van der Waals surface area contributed by atoms with Crippen molar-refractivity contribution >= 4 is 43.6 Å². The molecular formula is C10H12N2O3S3. The highest BCUT2D eigenvalue weighted by Gasteiger charge is 2.16. The molecule has 0 fully saturated rings. The highest BCUT2D eigenvalue weighted by Crippen LogP contribution is 2.16. The van der Waals surface area contributed by atoms with Gasteiger partial charge < -0.3 is 4.98 Å². The Morgan fingerprint density at radius 1 is 1.56 bits per heavy atom. The lowest BCUT2D eigenvalue weighted by atomic mass is 10.3. The third-order valence-corrected chi connectivity index (χ3v) is 4.81. The quantitative estimate of drug-likeness (QED) is 0.877. The minimum atomic E-state index is -3.16. The number of H-pyrrole nitrogens is 1. The summed E-state index contributed by atoms with van der Waals surface area (Å²) in [6.07, 6.45) is 1.14. The van der Waals surface area contributed by atoms with E-state index in [4.69, 9.17) is 12.2 Å². The van der Waals surface area contributed by atoms with Crippen molar-refractivity contribution in [2.45, 2.75) is 13.0 Å². The number of hydrogen-bond acceptors (Lipinski definition) is 5. The van der Waals surface area contributed by atoms with Gasteiger partial charge in [-0.25, -0.2) is 8.42 Å². The van der Waals surface area contributed by atoms with E-state index in [2.05, 4.69) is 4.98 Å². The molecule has 1 N–H and O–H groups in total. The summed E-state index contributed by atoms with van der Waals surface area (Å²) >= 11 is 6.43. The standard InChI is InChI=1S/C10H12N2O3S3/c1-6(5-18(2,14)15)12-9(13)8-7(3-4-17-8)11-10(12)16/h3-4,6H,5H2,1-2H3,(H,11,16). The predicted molar refractivity (Wildman–Crippen MR) is 75.7 cm³/mol. The van der Waals surface area contributed by atoms with E-state index in [0.29, 0.717) is 10.2 Å². The Kier molecular flexibility index (Phi) is 3.43. The third-order valence-electron chi connectivity index (χ3n) is 2.52. The molecule has 0 aliphatic heterocycles. The van der Waals surface area contributed by atoms with E-state index in [1.807, 2.05) is 0 Å². The average Bonchev–Trinajstić information content (AvgIpc) is 2.62. The summed E-state index contributed by atoms with van der Waals surface area (Å²) in [5, 5.41) is 1.79.